The molecule has 306 valence electrons. The first-order valence-electron chi connectivity index (χ1n) is 18.5. The lowest BCUT2D eigenvalue weighted by atomic mass is 9.98. The molecule has 2 aromatic heterocycles. The van der Waals surface area contributed by atoms with E-state index in [-0.39, 0.29) is 42.5 Å². The molecule has 1 saturated carbocycles. The van der Waals surface area contributed by atoms with Gasteiger partial charge in [-0.15, -0.1) is 16.4 Å². The van der Waals surface area contributed by atoms with E-state index in [1.165, 1.54) is 10.1 Å². The van der Waals surface area contributed by atoms with Crippen LogP contribution in [0.1, 0.15) is 83.0 Å². The van der Waals surface area contributed by atoms with E-state index < -0.39 is 65.0 Å². The Morgan fingerprint density at radius 2 is 1.57 bits per heavy atom. The van der Waals surface area contributed by atoms with Gasteiger partial charge in [0.25, 0.3) is 5.91 Å². The van der Waals surface area contributed by atoms with Crippen molar-refractivity contribution in [3.63, 3.8) is 0 Å². The van der Waals surface area contributed by atoms with Crippen LogP contribution in [0.3, 0.4) is 0 Å². The van der Waals surface area contributed by atoms with Crippen LogP contribution in [0.5, 0.6) is 0 Å². The van der Waals surface area contributed by atoms with Crippen LogP contribution in [0, 0.1) is 0 Å². The molecule has 1 aliphatic carbocycles. The fraction of sp³-hybridized carbons (Fsp3) is 0.410. The number of rotatable bonds is 14. The van der Waals surface area contributed by atoms with E-state index in [0.717, 1.165) is 22.5 Å². The number of oxime groups is 1. The molecule has 1 saturated heterocycles. The number of β-lactam (4-membered cyclic amide) rings is 1. The van der Waals surface area contributed by atoms with E-state index in [9.17, 15) is 24.0 Å². The van der Waals surface area contributed by atoms with E-state index in [0.29, 0.717) is 5.69 Å². The summed E-state index contributed by atoms with van der Waals surface area (Å²) in [7, 11) is 0. The Bertz CT molecular complexity index is 2120. The number of carbonyl (C=O) groups excluding carboxylic acids is 5. The maximum atomic E-state index is 14.0. The highest BCUT2D eigenvalue weighted by Gasteiger charge is 2.56. The molecule has 19 heteroatoms. The first-order chi connectivity index (χ1) is 27.5. The van der Waals surface area contributed by atoms with Gasteiger partial charge in [-0.1, -0.05) is 71.0 Å². The fourth-order valence-electron chi connectivity index (χ4n) is 5.57. The summed E-state index contributed by atoms with van der Waals surface area (Å²) >= 11 is 0.998. The Morgan fingerprint density at radius 1 is 0.948 bits per heavy atom. The number of anilines is 1. The third-order valence-corrected chi connectivity index (χ3v) is 9.23. The van der Waals surface area contributed by atoms with Crippen molar-refractivity contribution in [2.24, 2.45) is 5.16 Å². The van der Waals surface area contributed by atoms with Crippen LogP contribution < -0.4 is 21.3 Å². The van der Waals surface area contributed by atoms with Crippen molar-refractivity contribution >= 4 is 52.2 Å². The third kappa shape index (κ3) is 10.9. The minimum absolute atomic E-state index is 0.00105. The molecule has 2 fully saturated rings. The molecule has 58 heavy (non-hydrogen) atoms. The summed E-state index contributed by atoms with van der Waals surface area (Å²) in [5.74, 6) is -1.98. The normalized spacial score (nSPS) is 17.3. The van der Waals surface area contributed by atoms with Crippen LogP contribution in [0.4, 0.5) is 14.7 Å². The summed E-state index contributed by atoms with van der Waals surface area (Å²) in [5.41, 5.74) is -1.34. The number of benzene rings is 2. The quantitative estimate of drug-likeness (QED) is 0.0458. The highest BCUT2D eigenvalue weighted by atomic mass is 32.1. The average Bonchev–Trinajstić information content (AvgIpc) is 3.59. The first-order valence-corrected chi connectivity index (χ1v) is 19.3. The molecule has 0 unspecified atom stereocenters. The molecule has 0 radical (unpaired) electrons. The highest BCUT2D eigenvalue weighted by molar-refractivity contribution is 7.14. The summed E-state index contributed by atoms with van der Waals surface area (Å²) in [4.78, 5) is 75.3. The van der Waals surface area contributed by atoms with Gasteiger partial charge in [-0.2, -0.15) is 0 Å². The van der Waals surface area contributed by atoms with E-state index in [4.69, 9.17) is 19.0 Å². The molecule has 4 N–H and O–H groups in total. The van der Waals surface area contributed by atoms with Crippen molar-refractivity contribution < 1.29 is 43.0 Å². The van der Waals surface area contributed by atoms with Crippen LogP contribution in [0.15, 0.2) is 77.4 Å². The number of hydrogen-bond acceptors (Lipinski definition) is 14. The fourth-order valence-corrected chi connectivity index (χ4v) is 6.25. The molecule has 2 aromatic carbocycles. The van der Waals surface area contributed by atoms with Crippen molar-refractivity contribution in [1.29, 1.82) is 0 Å². The zero-order valence-electron chi connectivity index (χ0n) is 32.8. The van der Waals surface area contributed by atoms with E-state index in [1.54, 1.807) is 47.7 Å². The summed E-state index contributed by atoms with van der Waals surface area (Å²) in [5, 5.41) is 24.4. The van der Waals surface area contributed by atoms with Crippen molar-refractivity contribution in [3.8, 4) is 0 Å². The van der Waals surface area contributed by atoms with Gasteiger partial charge in [0, 0.05) is 18.2 Å². The van der Waals surface area contributed by atoms with E-state index in [2.05, 4.69) is 41.7 Å². The smallest absolute Gasteiger partial charge is 0.413 e. The van der Waals surface area contributed by atoms with Crippen molar-refractivity contribution in [2.75, 3.05) is 5.32 Å². The molecule has 0 bridgehead atoms. The van der Waals surface area contributed by atoms with Crippen LogP contribution >= 0.6 is 11.3 Å². The molecule has 18 nitrogen and oxygen atoms in total. The van der Waals surface area contributed by atoms with Gasteiger partial charge in [0.05, 0.1) is 25.3 Å². The van der Waals surface area contributed by atoms with E-state index >= 15 is 0 Å². The Hall–Kier alpha value is -6.37. The van der Waals surface area contributed by atoms with Crippen molar-refractivity contribution in [2.45, 2.75) is 102 Å². The summed E-state index contributed by atoms with van der Waals surface area (Å²) in [6, 6.07) is 16.9. The van der Waals surface area contributed by atoms with Crippen LogP contribution in [-0.4, -0.2) is 84.5 Å². The minimum Gasteiger partial charge on any atom is -0.450 e. The number of hydrogen-bond donors (Lipinski definition) is 4. The average molecular weight is 816 g/mol. The van der Waals surface area contributed by atoms with Gasteiger partial charge in [-0.25, -0.2) is 19.4 Å². The summed E-state index contributed by atoms with van der Waals surface area (Å²) < 4.78 is 18.1. The highest BCUT2D eigenvalue weighted by Crippen LogP contribution is 2.43. The van der Waals surface area contributed by atoms with Crippen LogP contribution in [0.25, 0.3) is 0 Å². The van der Waals surface area contributed by atoms with Gasteiger partial charge in [-0.05, 0) is 52.7 Å². The Morgan fingerprint density at radius 3 is 2.16 bits per heavy atom. The maximum Gasteiger partial charge on any atom is 0.413 e. The number of alkyl carbamates (subject to hydrolysis) is 1. The lowest BCUT2D eigenvalue weighted by Gasteiger charge is -2.36. The Kier molecular flexibility index (Phi) is 12.1. The molecule has 3 heterocycles. The number of thiazole rings is 1. The molecule has 2 atom stereocenters. The Balaban J connectivity index is 1.17. The number of esters is 1. The number of amides is 4. The van der Waals surface area contributed by atoms with Gasteiger partial charge < -0.3 is 35.0 Å². The molecule has 0 spiro atoms. The lowest BCUT2D eigenvalue weighted by molar-refractivity contribution is -0.164. The number of carbonyl (C=O) groups is 5. The standard InChI is InChI=1S/C39H45N9O9S/c1-37(2,3)55-35(52)40-19-25-20-48(47-45-25)21-26-28(31(49)41-26)43-32(50)29(27-22-58-34(42-27)44-36(53)56-38(4,5)6)46-57-39(17-18-39)33(51)54-30(23-13-9-7-10-14-23)24-15-11-8-12-16-24/h7-16,20,22,26,28,30H,17-19,21H2,1-6H3,(H,40,52)(H,41,49)(H,43,50)(H,42,44,53)/b46-29+/t26-,28+/m1/s1. The van der Waals surface area contributed by atoms with Crippen LogP contribution in [-0.2, 0) is 46.5 Å². The Labute approximate surface area is 338 Å². The number of ether oxygens (including phenoxy) is 3. The number of aromatic nitrogens is 4. The predicted octanol–water partition coefficient (Wildman–Crippen LogP) is 4.38. The predicted molar refractivity (Wildman–Crippen MR) is 209 cm³/mol. The summed E-state index contributed by atoms with van der Waals surface area (Å²) in [6.07, 6.45) is 0.0128. The SMILES string of the molecule is CC(C)(C)OC(=O)NCc1cn(C[C@H]2NC(=O)[C@H]2NC(=O)/C(=N/OC2(C(=O)OC(c3ccccc3)c3ccccc3)CC2)c2csc(NC(=O)OC(C)(C)C)n2)nn1. The second kappa shape index (κ2) is 17.0. The minimum atomic E-state index is -1.49. The monoisotopic (exact) mass is 815 g/mol. The molecule has 4 amide bonds. The van der Waals surface area contributed by atoms with Gasteiger partial charge in [-0.3, -0.25) is 19.6 Å². The molecule has 1 aliphatic heterocycles. The summed E-state index contributed by atoms with van der Waals surface area (Å²) in [6.45, 7) is 10.6. The molecular weight excluding hydrogens is 771 g/mol. The van der Waals surface area contributed by atoms with Gasteiger partial charge in [0.15, 0.2) is 16.9 Å². The second-order valence-electron chi connectivity index (χ2n) is 15.7. The zero-order valence-corrected chi connectivity index (χ0v) is 33.6. The second-order valence-corrected chi connectivity index (χ2v) is 16.5. The largest absolute Gasteiger partial charge is 0.450 e. The molecule has 6 rings (SSSR count). The van der Waals surface area contributed by atoms with Gasteiger partial charge >= 0.3 is 18.2 Å². The lowest BCUT2D eigenvalue weighted by Crippen LogP contribution is -2.70. The van der Waals surface area contributed by atoms with E-state index in [1.807, 2.05) is 60.7 Å². The molecule has 4 aromatic rings. The number of nitrogens with one attached hydrogen (secondary N) is 4. The first kappa shape index (κ1) is 41.3. The zero-order chi connectivity index (χ0) is 41.7. The van der Waals surface area contributed by atoms with Gasteiger partial charge in [0.2, 0.25) is 11.5 Å². The molecule has 2 aliphatic rings. The number of nitrogens with zero attached hydrogens (tertiary/aromatic N) is 5. The van der Waals surface area contributed by atoms with Gasteiger partial charge in [0.1, 0.15) is 28.6 Å². The molecular formula is C39H45N9O9S. The van der Waals surface area contributed by atoms with Crippen molar-refractivity contribution in [1.82, 2.24) is 35.9 Å². The topological polar surface area (TPSA) is 226 Å². The van der Waals surface area contributed by atoms with Crippen LogP contribution in [0.2, 0.25) is 0 Å². The third-order valence-electron chi connectivity index (χ3n) is 8.47. The van der Waals surface area contributed by atoms with Crippen molar-refractivity contribution in [3.05, 3.63) is 94.8 Å². The maximum absolute atomic E-state index is 14.0.